The van der Waals surface area contributed by atoms with Crippen LogP contribution < -0.4 is 5.32 Å². The first-order valence-corrected chi connectivity index (χ1v) is 9.56. The summed E-state index contributed by atoms with van der Waals surface area (Å²) in [6.45, 7) is 0.202. The first-order valence-electron chi connectivity index (χ1n) is 8.77. The number of hydrogen-bond donors (Lipinski definition) is 2. The van der Waals surface area contributed by atoms with E-state index in [0.717, 1.165) is 0 Å². The van der Waals surface area contributed by atoms with Gasteiger partial charge in [0, 0.05) is 31.1 Å². The molecule has 2 aromatic heterocycles. The number of pyridine rings is 1. The Kier molecular flexibility index (Phi) is 4.82. The van der Waals surface area contributed by atoms with Crippen molar-refractivity contribution in [3.8, 4) is 0 Å². The minimum Gasteiger partial charge on any atom is -0.391 e. The van der Waals surface area contributed by atoms with E-state index in [2.05, 4.69) is 31.3 Å². The number of alkyl halides is 2. The van der Waals surface area contributed by atoms with E-state index in [-0.39, 0.29) is 42.0 Å². The molecule has 28 heavy (non-hydrogen) atoms. The van der Waals surface area contributed by atoms with Crippen LogP contribution in [-0.4, -0.2) is 43.5 Å². The molecular weight excluding hydrogens is 443 g/mol. The van der Waals surface area contributed by atoms with Gasteiger partial charge in [0.25, 0.3) is 5.92 Å². The minimum atomic E-state index is -3.14. The van der Waals surface area contributed by atoms with Gasteiger partial charge in [0.15, 0.2) is 5.82 Å². The Hall–Kier alpha value is -2.14. The first kappa shape index (κ1) is 19.2. The number of nitrogens with zero attached hydrogens (tertiary/aromatic N) is 4. The van der Waals surface area contributed by atoms with E-state index in [4.69, 9.17) is 0 Å². The van der Waals surface area contributed by atoms with Crippen LogP contribution >= 0.6 is 15.9 Å². The standard InChI is InChI=1S/C17H17BrF3N5O2/c18-15-13(19)12(2-5-22-15)23-16(28)25-6-3-11-10(8-25)14-17(20,21)4-1-9(27)7-26(14)24-11/h2,5,9,27H,1,3-4,6-8H2,(H,22,23,28)/t9-/m0/s1. The molecule has 4 heterocycles. The Balaban J connectivity index is 1.60. The number of anilines is 1. The third-order valence-corrected chi connectivity index (χ3v) is 5.55. The highest BCUT2D eigenvalue weighted by Crippen LogP contribution is 2.40. The maximum Gasteiger partial charge on any atom is 0.322 e. The molecule has 0 aliphatic carbocycles. The summed E-state index contributed by atoms with van der Waals surface area (Å²) in [5.41, 5.74) is 0.511. The molecule has 0 saturated heterocycles. The van der Waals surface area contributed by atoms with Gasteiger partial charge in [-0.25, -0.2) is 14.2 Å². The van der Waals surface area contributed by atoms with E-state index >= 15 is 0 Å². The Labute approximate surface area is 166 Å². The Morgan fingerprint density at radius 1 is 1.43 bits per heavy atom. The predicted molar refractivity (Wildman–Crippen MR) is 96.4 cm³/mol. The number of fused-ring (bicyclic) bond motifs is 3. The van der Waals surface area contributed by atoms with E-state index in [9.17, 15) is 23.1 Å². The number of nitrogens with one attached hydrogen (secondary N) is 1. The number of aliphatic hydroxyl groups excluding tert-OH is 1. The normalized spacial score (nSPS) is 20.9. The summed E-state index contributed by atoms with van der Waals surface area (Å²) in [5.74, 6) is -3.85. The summed E-state index contributed by atoms with van der Waals surface area (Å²) in [6.07, 6.45) is 0.249. The minimum absolute atomic E-state index is 0.000370. The van der Waals surface area contributed by atoms with Gasteiger partial charge in [-0.15, -0.1) is 0 Å². The lowest BCUT2D eigenvalue weighted by molar-refractivity contribution is -0.0248. The third kappa shape index (κ3) is 3.37. The summed E-state index contributed by atoms with van der Waals surface area (Å²) >= 11 is 2.95. The molecular formula is C17H17BrF3N5O2. The summed E-state index contributed by atoms with van der Waals surface area (Å²) in [7, 11) is 0. The van der Waals surface area contributed by atoms with Crippen molar-refractivity contribution in [2.24, 2.45) is 0 Å². The van der Waals surface area contributed by atoms with E-state index in [1.165, 1.54) is 21.8 Å². The number of aromatic nitrogens is 3. The summed E-state index contributed by atoms with van der Waals surface area (Å²) in [5, 5.41) is 16.6. The van der Waals surface area contributed by atoms with Crippen LogP contribution in [0.2, 0.25) is 0 Å². The average molecular weight is 460 g/mol. The van der Waals surface area contributed by atoms with Crippen molar-refractivity contribution in [3.05, 3.63) is 39.6 Å². The summed E-state index contributed by atoms with van der Waals surface area (Å²) in [4.78, 5) is 17.6. The topological polar surface area (TPSA) is 83.3 Å². The molecule has 1 atom stereocenters. The molecule has 0 spiro atoms. The Bertz CT molecular complexity index is 936. The molecule has 0 unspecified atom stereocenters. The quantitative estimate of drug-likeness (QED) is 0.642. The number of halogens is 4. The fraction of sp³-hybridized carbons (Fsp3) is 0.471. The fourth-order valence-electron chi connectivity index (χ4n) is 3.61. The zero-order valence-corrected chi connectivity index (χ0v) is 16.2. The second-order valence-electron chi connectivity index (χ2n) is 6.92. The molecule has 2 aromatic rings. The molecule has 150 valence electrons. The van der Waals surface area contributed by atoms with Gasteiger partial charge in [-0.1, -0.05) is 0 Å². The van der Waals surface area contributed by atoms with Crippen molar-refractivity contribution in [3.63, 3.8) is 0 Å². The molecule has 0 radical (unpaired) electrons. The van der Waals surface area contributed by atoms with Gasteiger partial charge >= 0.3 is 6.03 Å². The van der Waals surface area contributed by atoms with Crippen LogP contribution in [0.5, 0.6) is 0 Å². The van der Waals surface area contributed by atoms with E-state index in [1.54, 1.807) is 0 Å². The number of hydrogen-bond acceptors (Lipinski definition) is 4. The van der Waals surface area contributed by atoms with E-state index < -0.39 is 30.3 Å². The summed E-state index contributed by atoms with van der Waals surface area (Å²) in [6, 6.07) is 0.717. The lowest BCUT2D eigenvalue weighted by Crippen LogP contribution is -2.39. The number of amides is 2. The smallest absolute Gasteiger partial charge is 0.322 e. The molecule has 11 heteroatoms. The number of urea groups is 1. The van der Waals surface area contributed by atoms with Crippen molar-refractivity contribution < 1.29 is 23.1 Å². The van der Waals surface area contributed by atoms with Crippen LogP contribution in [0, 0.1) is 5.82 Å². The van der Waals surface area contributed by atoms with Crippen LogP contribution in [0.4, 0.5) is 23.7 Å². The zero-order valence-electron chi connectivity index (χ0n) is 14.6. The van der Waals surface area contributed by atoms with Gasteiger partial charge in [0.1, 0.15) is 10.3 Å². The van der Waals surface area contributed by atoms with E-state index in [1.807, 2.05) is 0 Å². The highest BCUT2D eigenvalue weighted by atomic mass is 79.9. The van der Waals surface area contributed by atoms with Gasteiger partial charge in [-0.3, -0.25) is 4.68 Å². The lowest BCUT2D eigenvalue weighted by Gasteiger charge is -2.28. The molecule has 0 saturated carbocycles. The molecule has 2 N–H and O–H groups in total. The third-order valence-electron chi connectivity index (χ3n) is 5.00. The monoisotopic (exact) mass is 459 g/mol. The molecule has 2 aliphatic rings. The molecule has 0 bridgehead atoms. The number of aliphatic hydroxyl groups is 1. The van der Waals surface area contributed by atoms with Crippen LogP contribution in [-0.2, 0) is 25.4 Å². The van der Waals surface area contributed by atoms with Crippen molar-refractivity contribution >= 4 is 27.6 Å². The maximum atomic E-state index is 14.7. The van der Waals surface area contributed by atoms with Crippen LogP contribution in [0.3, 0.4) is 0 Å². The largest absolute Gasteiger partial charge is 0.391 e. The average Bonchev–Trinajstić information content (AvgIpc) is 2.96. The predicted octanol–water partition coefficient (Wildman–Crippen LogP) is 3.02. The van der Waals surface area contributed by atoms with Gasteiger partial charge in [0.05, 0.1) is 30.6 Å². The Morgan fingerprint density at radius 3 is 3.00 bits per heavy atom. The maximum absolute atomic E-state index is 14.7. The lowest BCUT2D eigenvalue weighted by atomic mass is 10.00. The number of carbonyl (C=O) groups excluding carboxylic acids is 1. The molecule has 0 aromatic carbocycles. The second kappa shape index (κ2) is 7.03. The van der Waals surface area contributed by atoms with Crippen LogP contribution in [0.1, 0.15) is 29.8 Å². The van der Waals surface area contributed by atoms with Gasteiger partial charge in [0.2, 0.25) is 0 Å². The molecule has 4 rings (SSSR count). The second-order valence-corrected chi connectivity index (χ2v) is 7.67. The van der Waals surface area contributed by atoms with Crippen molar-refractivity contribution in [2.75, 3.05) is 11.9 Å². The molecule has 2 amide bonds. The fourth-order valence-corrected chi connectivity index (χ4v) is 3.94. The number of carbonyl (C=O) groups is 1. The van der Waals surface area contributed by atoms with Gasteiger partial charge < -0.3 is 15.3 Å². The van der Waals surface area contributed by atoms with Crippen LogP contribution in [0.15, 0.2) is 16.9 Å². The zero-order chi connectivity index (χ0) is 20.1. The highest BCUT2D eigenvalue weighted by Gasteiger charge is 2.43. The molecule has 7 nitrogen and oxygen atoms in total. The number of rotatable bonds is 1. The van der Waals surface area contributed by atoms with Crippen molar-refractivity contribution in [2.45, 2.75) is 44.4 Å². The molecule has 2 aliphatic heterocycles. The van der Waals surface area contributed by atoms with Crippen molar-refractivity contribution in [1.82, 2.24) is 19.7 Å². The highest BCUT2D eigenvalue weighted by molar-refractivity contribution is 9.10. The van der Waals surface area contributed by atoms with E-state index in [0.29, 0.717) is 17.7 Å². The first-order chi connectivity index (χ1) is 13.3. The van der Waals surface area contributed by atoms with Crippen LogP contribution in [0.25, 0.3) is 0 Å². The van der Waals surface area contributed by atoms with Gasteiger partial charge in [-0.05, 0) is 28.4 Å². The Morgan fingerprint density at radius 2 is 2.21 bits per heavy atom. The SMILES string of the molecule is O=C(Nc1ccnc(Br)c1F)N1CCc2nn3c(c2C1)C(F)(F)CC[C@H](O)C3. The summed E-state index contributed by atoms with van der Waals surface area (Å²) < 4.78 is 44.5. The molecule has 0 fully saturated rings. The van der Waals surface area contributed by atoms with Gasteiger partial charge in [-0.2, -0.15) is 13.9 Å². The van der Waals surface area contributed by atoms with Crippen molar-refractivity contribution in [1.29, 1.82) is 0 Å².